The quantitative estimate of drug-likeness (QED) is 0.222. The van der Waals surface area contributed by atoms with Gasteiger partial charge in [-0.25, -0.2) is 4.99 Å². The molecule has 1 amide bonds. The average molecular weight is 652 g/mol. The predicted octanol–water partition coefficient (Wildman–Crippen LogP) is 5.53. The Hall–Kier alpha value is -3.40. The van der Waals surface area contributed by atoms with Crippen LogP contribution in [0.2, 0.25) is 0 Å². The number of aliphatic imine (C=N–C) groups is 1. The second kappa shape index (κ2) is 13.9. The Balaban J connectivity index is 1.55. The number of aliphatic hydroxyl groups is 2. The summed E-state index contributed by atoms with van der Waals surface area (Å²) < 4.78 is 18.8. The van der Waals surface area contributed by atoms with Crippen molar-refractivity contribution >= 4 is 27.7 Å². The van der Waals surface area contributed by atoms with E-state index < -0.39 is 17.2 Å². The molecule has 1 aliphatic heterocycles. The van der Waals surface area contributed by atoms with Crippen LogP contribution in [0.15, 0.2) is 82.3 Å². The molecule has 5 rings (SSSR count). The lowest BCUT2D eigenvalue weighted by molar-refractivity contribution is -0.130. The van der Waals surface area contributed by atoms with Gasteiger partial charge in [-0.15, -0.1) is 0 Å². The molecule has 228 valence electrons. The van der Waals surface area contributed by atoms with Crippen LogP contribution in [0.3, 0.4) is 0 Å². The van der Waals surface area contributed by atoms with Gasteiger partial charge in [-0.1, -0.05) is 59.5 Å². The van der Waals surface area contributed by atoms with E-state index in [4.69, 9.17) is 24.3 Å². The minimum absolute atomic E-state index is 0.0638. The summed E-state index contributed by atoms with van der Waals surface area (Å²) in [6.45, 7) is 0.631. The zero-order valence-corrected chi connectivity index (χ0v) is 26.0. The molecule has 3 aromatic rings. The average Bonchev–Trinajstić information content (AvgIpc) is 3.42. The maximum atomic E-state index is 14.4. The van der Waals surface area contributed by atoms with Crippen LogP contribution >= 0.6 is 15.9 Å². The van der Waals surface area contributed by atoms with Gasteiger partial charge in [-0.05, 0) is 72.5 Å². The highest BCUT2D eigenvalue weighted by Crippen LogP contribution is 2.43. The lowest BCUT2D eigenvalue weighted by atomic mass is 9.81. The maximum absolute atomic E-state index is 14.4. The van der Waals surface area contributed by atoms with Gasteiger partial charge in [0.15, 0.2) is 11.6 Å². The molecule has 3 aromatic carbocycles. The van der Waals surface area contributed by atoms with Gasteiger partial charge in [-0.3, -0.25) is 4.79 Å². The standard InChI is InChI=1S/C34H39BrN2O6/c1-41-29-8-5-7-26(21-29)30-34(22-24-9-13-27(35)14-10-24,32(39)36-23-33(40)17-3-2-4-18-33)37-31(43-30)25-11-15-28(16-12-25)42-20-6-19-38/h5,7-16,21,30,38,40H,2-4,6,17-20,22-23H2,1H3,(H,36,39)/t30-,34-/m1/s1. The van der Waals surface area contributed by atoms with E-state index in [1.165, 1.54) is 0 Å². The SMILES string of the molecule is COc1cccc([C@H]2OC(c3ccc(OCCCO)cc3)=N[C@@]2(Cc2ccc(Br)cc2)C(=O)NCC2(O)CCCCC2)c1. The third kappa shape index (κ3) is 7.40. The van der Waals surface area contributed by atoms with Crippen molar-refractivity contribution in [2.75, 3.05) is 26.9 Å². The fraction of sp³-hybridized carbons (Fsp3) is 0.412. The van der Waals surface area contributed by atoms with Crippen molar-refractivity contribution in [1.82, 2.24) is 5.32 Å². The van der Waals surface area contributed by atoms with Gasteiger partial charge in [0.2, 0.25) is 5.90 Å². The number of ether oxygens (including phenoxy) is 3. The fourth-order valence-electron chi connectivity index (χ4n) is 5.78. The Kier molecular flexibility index (Phi) is 10.1. The van der Waals surface area contributed by atoms with Crippen molar-refractivity contribution < 1.29 is 29.2 Å². The van der Waals surface area contributed by atoms with Crippen molar-refractivity contribution in [2.24, 2.45) is 4.99 Å². The van der Waals surface area contributed by atoms with Gasteiger partial charge >= 0.3 is 0 Å². The molecule has 1 heterocycles. The molecular formula is C34H39BrN2O6. The summed E-state index contributed by atoms with van der Waals surface area (Å²) in [7, 11) is 1.60. The summed E-state index contributed by atoms with van der Waals surface area (Å²) in [6, 6.07) is 22.7. The molecule has 2 atom stereocenters. The van der Waals surface area contributed by atoms with Gasteiger partial charge in [0.1, 0.15) is 11.5 Å². The molecule has 43 heavy (non-hydrogen) atoms. The van der Waals surface area contributed by atoms with Crippen molar-refractivity contribution in [3.8, 4) is 11.5 Å². The van der Waals surface area contributed by atoms with Gasteiger partial charge in [0, 0.05) is 36.0 Å². The van der Waals surface area contributed by atoms with Gasteiger partial charge in [0.25, 0.3) is 5.91 Å². The first kappa shape index (κ1) is 31.0. The summed E-state index contributed by atoms with van der Waals surface area (Å²) >= 11 is 3.51. The van der Waals surface area contributed by atoms with E-state index >= 15 is 0 Å². The van der Waals surface area contributed by atoms with Crippen LogP contribution in [-0.2, 0) is 16.0 Å². The van der Waals surface area contributed by atoms with E-state index in [1.807, 2.05) is 72.8 Å². The second-order valence-electron chi connectivity index (χ2n) is 11.3. The van der Waals surface area contributed by atoms with Crippen LogP contribution in [0, 0.1) is 0 Å². The van der Waals surface area contributed by atoms with Crippen LogP contribution in [-0.4, -0.2) is 60.0 Å². The number of hydrogen-bond acceptors (Lipinski definition) is 7. The molecule has 0 aromatic heterocycles. The zero-order valence-electron chi connectivity index (χ0n) is 24.4. The highest BCUT2D eigenvalue weighted by molar-refractivity contribution is 9.10. The first-order valence-electron chi connectivity index (χ1n) is 14.8. The summed E-state index contributed by atoms with van der Waals surface area (Å²) in [5.74, 6) is 1.35. The van der Waals surface area contributed by atoms with Crippen molar-refractivity contribution in [3.05, 3.63) is 94.0 Å². The third-order valence-corrected chi connectivity index (χ3v) is 8.70. The highest BCUT2D eigenvalue weighted by atomic mass is 79.9. The molecule has 8 nitrogen and oxygen atoms in total. The van der Waals surface area contributed by atoms with Gasteiger partial charge in [0.05, 0.1) is 19.3 Å². The largest absolute Gasteiger partial charge is 0.497 e. The fourth-order valence-corrected chi connectivity index (χ4v) is 6.05. The van der Waals surface area contributed by atoms with Gasteiger partial charge in [-0.2, -0.15) is 0 Å². The molecule has 1 fully saturated rings. The third-order valence-electron chi connectivity index (χ3n) is 8.18. The monoisotopic (exact) mass is 650 g/mol. The summed E-state index contributed by atoms with van der Waals surface area (Å²) in [5, 5.41) is 23.4. The number of aliphatic hydroxyl groups excluding tert-OH is 1. The molecule has 0 saturated heterocycles. The van der Waals surface area contributed by atoms with E-state index in [0.29, 0.717) is 48.8 Å². The normalized spacial score (nSPS) is 21.0. The smallest absolute Gasteiger partial charge is 0.252 e. The Morgan fingerprint density at radius 2 is 1.79 bits per heavy atom. The number of rotatable bonds is 12. The minimum Gasteiger partial charge on any atom is -0.497 e. The van der Waals surface area contributed by atoms with Crippen LogP contribution in [0.25, 0.3) is 0 Å². The zero-order chi connectivity index (χ0) is 30.3. The number of nitrogens with one attached hydrogen (secondary N) is 1. The number of hydrogen-bond donors (Lipinski definition) is 3. The Labute approximate surface area is 261 Å². The lowest BCUT2D eigenvalue weighted by Gasteiger charge is -2.35. The molecule has 1 aliphatic carbocycles. The predicted molar refractivity (Wildman–Crippen MR) is 169 cm³/mol. The molecule has 1 saturated carbocycles. The van der Waals surface area contributed by atoms with Crippen LogP contribution in [0.5, 0.6) is 11.5 Å². The van der Waals surface area contributed by atoms with E-state index in [-0.39, 0.29) is 25.5 Å². The van der Waals surface area contributed by atoms with E-state index in [0.717, 1.165) is 34.9 Å². The van der Waals surface area contributed by atoms with Crippen LogP contribution in [0.1, 0.15) is 61.3 Å². The van der Waals surface area contributed by atoms with E-state index in [1.54, 1.807) is 7.11 Å². The minimum atomic E-state index is -1.36. The molecule has 0 radical (unpaired) electrons. The van der Waals surface area contributed by atoms with E-state index in [2.05, 4.69) is 21.2 Å². The summed E-state index contributed by atoms with van der Waals surface area (Å²) in [6.07, 6.45) is 4.34. The van der Waals surface area contributed by atoms with Crippen molar-refractivity contribution in [1.29, 1.82) is 0 Å². The Morgan fingerprint density at radius 3 is 2.49 bits per heavy atom. The number of carbonyl (C=O) groups excluding carboxylic acids is 1. The number of benzene rings is 3. The molecule has 3 N–H and O–H groups in total. The number of nitrogens with zero attached hydrogens (tertiary/aromatic N) is 1. The maximum Gasteiger partial charge on any atom is 0.252 e. The number of amides is 1. The lowest BCUT2D eigenvalue weighted by Crippen LogP contribution is -2.54. The molecule has 0 bridgehead atoms. The molecule has 2 aliphatic rings. The molecule has 0 unspecified atom stereocenters. The first-order valence-corrected chi connectivity index (χ1v) is 15.6. The number of halogens is 1. The number of methoxy groups -OCH3 is 1. The molecule has 0 spiro atoms. The van der Waals surface area contributed by atoms with E-state index in [9.17, 15) is 9.90 Å². The summed E-state index contributed by atoms with van der Waals surface area (Å²) in [4.78, 5) is 19.5. The second-order valence-corrected chi connectivity index (χ2v) is 12.3. The first-order chi connectivity index (χ1) is 20.8. The number of carbonyl (C=O) groups is 1. The van der Waals surface area contributed by atoms with Crippen LogP contribution in [0.4, 0.5) is 0 Å². The van der Waals surface area contributed by atoms with Crippen molar-refractivity contribution in [2.45, 2.75) is 62.2 Å². The summed E-state index contributed by atoms with van der Waals surface area (Å²) in [5.41, 5.74) is 0.0840. The van der Waals surface area contributed by atoms with Gasteiger partial charge < -0.3 is 29.7 Å². The molecule has 9 heteroatoms. The van der Waals surface area contributed by atoms with Crippen molar-refractivity contribution in [3.63, 3.8) is 0 Å². The van der Waals surface area contributed by atoms with Crippen LogP contribution < -0.4 is 14.8 Å². The highest BCUT2D eigenvalue weighted by Gasteiger charge is 2.53. The Bertz CT molecular complexity index is 1410. The topological polar surface area (TPSA) is 110 Å². The Morgan fingerprint density at radius 1 is 1.05 bits per heavy atom. The molecular weight excluding hydrogens is 612 g/mol.